The van der Waals surface area contributed by atoms with Crippen LogP contribution in [0.15, 0.2) is 34.9 Å². The lowest BCUT2D eigenvalue weighted by atomic mass is 10.0. The molecule has 1 N–H and O–H groups in total. The molecule has 1 aromatic carbocycles. The average Bonchev–Trinajstić information content (AvgIpc) is 3.11. The highest BCUT2D eigenvalue weighted by molar-refractivity contribution is 6.06. The molecule has 3 aromatic rings. The van der Waals surface area contributed by atoms with Gasteiger partial charge in [-0.3, -0.25) is 9.59 Å². The number of carbonyl (C=O) groups excluding carboxylic acids is 2. The third-order valence-electron chi connectivity index (χ3n) is 4.87. The number of rotatable bonds is 7. The molecule has 0 radical (unpaired) electrons. The van der Waals surface area contributed by atoms with E-state index >= 15 is 0 Å². The maximum absolute atomic E-state index is 13.3. The summed E-state index contributed by atoms with van der Waals surface area (Å²) >= 11 is 0. The summed E-state index contributed by atoms with van der Waals surface area (Å²) in [6.45, 7) is 8.04. The van der Waals surface area contributed by atoms with Crippen molar-refractivity contribution >= 4 is 22.9 Å². The van der Waals surface area contributed by atoms with Crippen LogP contribution in [0.3, 0.4) is 0 Å². The Morgan fingerprint density at radius 2 is 1.93 bits per heavy atom. The molecule has 3 rings (SSSR count). The predicted molar refractivity (Wildman–Crippen MR) is 110 cm³/mol. The lowest BCUT2D eigenvalue weighted by Gasteiger charge is -2.21. The van der Waals surface area contributed by atoms with Crippen molar-refractivity contribution < 1.29 is 18.5 Å². The fourth-order valence-corrected chi connectivity index (χ4v) is 3.11. The number of hydrogen-bond donors (Lipinski definition) is 1. The maximum atomic E-state index is 13.3. The van der Waals surface area contributed by atoms with Gasteiger partial charge < -0.3 is 14.7 Å². The van der Waals surface area contributed by atoms with Gasteiger partial charge in [0.25, 0.3) is 11.6 Å². The Morgan fingerprint density at radius 3 is 2.57 bits per heavy atom. The van der Waals surface area contributed by atoms with Crippen LogP contribution in [-0.4, -0.2) is 39.9 Å². The summed E-state index contributed by atoms with van der Waals surface area (Å²) in [5.41, 5.74) is 2.82. The Labute approximate surface area is 174 Å². The smallest absolute Gasteiger partial charge is 0.259 e. The van der Waals surface area contributed by atoms with E-state index in [9.17, 15) is 14.0 Å². The minimum absolute atomic E-state index is 0.0956. The maximum Gasteiger partial charge on any atom is 0.259 e. The van der Waals surface area contributed by atoms with Gasteiger partial charge in [0, 0.05) is 18.8 Å². The number of nitrogens with one attached hydrogen (secondary N) is 1. The van der Waals surface area contributed by atoms with E-state index in [4.69, 9.17) is 4.52 Å². The second kappa shape index (κ2) is 9.02. The summed E-state index contributed by atoms with van der Waals surface area (Å²) in [5, 5.41) is 7.27. The molecular weight excluding hydrogens is 387 g/mol. The highest BCUT2D eigenvalue weighted by Gasteiger charge is 2.24. The van der Waals surface area contributed by atoms with Gasteiger partial charge in [0.2, 0.25) is 5.91 Å². The van der Waals surface area contributed by atoms with Gasteiger partial charge in [0.05, 0.1) is 23.2 Å². The van der Waals surface area contributed by atoms with E-state index in [1.165, 1.54) is 17.0 Å². The number of carbonyl (C=O) groups is 2. The van der Waals surface area contributed by atoms with Crippen molar-refractivity contribution in [1.29, 1.82) is 0 Å². The molecule has 0 aliphatic heterocycles. The van der Waals surface area contributed by atoms with Crippen LogP contribution in [0.25, 0.3) is 11.1 Å². The Hall–Kier alpha value is -3.29. The molecule has 0 aliphatic carbocycles. The third-order valence-corrected chi connectivity index (χ3v) is 4.87. The van der Waals surface area contributed by atoms with Gasteiger partial charge in [-0.15, -0.1) is 0 Å². The quantitative estimate of drug-likeness (QED) is 0.641. The fraction of sp³-hybridized carbons (Fsp3) is 0.364. The van der Waals surface area contributed by atoms with Gasteiger partial charge in [0.1, 0.15) is 5.82 Å². The Bertz CT molecular complexity index is 1060. The molecule has 2 heterocycles. The number of aromatic nitrogens is 2. The number of halogens is 1. The molecule has 0 bridgehead atoms. The number of benzene rings is 1. The van der Waals surface area contributed by atoms with Crippen LogP contribution in [0.2, 0.25) is 0 Å². The first-order valence-corrected chi connectivity index (χ1v) is 9.87. The standard InChI is InChI=1S/C22H25FN4O3/c1-5-27(12-19(28)24-11-15-6-8-16(23)9-7-15)22(29)17-10-18(13(2)3)25-21-20(17)14(4)26-30-21/h6-10,13H,5,11-12H2,1-4H3,(H,24,28). The zero-order valence-corrected chi connectivity index (χ0v) is 17.5. The summed E-state index contributed by atoms with van der Waals surface area (Å²) in [5.74, 6) is -0.817. The van der Waals surface area contributed by atoms with Gasteiger partial charge in [-0.25, -0.2) is 9.37 Å². The monoisotopic (exact) mass is 412 g/mol. The molecule has 0 fully saturated rings. The molecule has 2 aromatic heterocycles. The Balaban J connectivity index is 1.78. The molecule has 2 amide bonds. The molecule has 0 spiro atoms. The van der Waals surface area contributed by atoms with Crippen LogP contribution < -0.4 is 5.32 Å². The summed E-state index contributed by atoms with van der Waals surface area (Å²) < 4.78 is 18.3. The number of aryl methyl sites for hydroxylation is 1. The third kappa shape index (κ3) is 4.64. The number of pyridine rings is 1. The van der Waals surface area contributed by atoms with Crippen molar-refractivity contribution in [3.05, 3.63) is 58.7 Å². The molecule has 158 valence electrons. The largest absolute Gasteiger partial charge is 0.350 e. The highest BCUT2D eigenvalue weighted by Crippen LogP contribution is 2.26. The molecule has 0 aliphatic rings. The number of hydrogen-bond acceptors (Lipinski definition) is 5. The number of fused-ring (bicyclic) bond motifs is 1. The van der Waals surface area contributed by atoms with Gasteiger partial charge in [0.15, 0.2) is 0 Å². The van der Waals surface area contributed by atoms with Crippen molar-refractivity contribution in [2.24, 2.45) is 0 Å². The fourth-order valence-electron chi connectivity index (χ4n) is 3.11. The topological polar surface area (TPSA) is 88.3 Å². The number of nitrogens with zero attached hydrogens (tertiary/aromatic N) is 3. The van der Waals surface area contributed by atoms with Crippen LogP contribution in [0, 0.1) is 12.7 Å². The average molecular weight is 412 g/mol. The first kappa shape index (κ1) is 21.4. The normalized spacial score (nSPS) is 11.1. The second-order valence-corrected chi connectivity index (χ2v) is 7.42. The minimum Gasteiger partial charge on any atom is -0.350 e. The van der Waals surface area contributed by atoms with Crippen molar-refractivity contribution in [2.75, 3.05) is 13.1 Å². The lowest BCUT2D eigenvalue weighted by Crippen LogP contribution is -2.40. The van der Waals surface area contributed by atoms with Crippen LogP contribution >= 0.6 is 0 Å². The molecule has 0 saturated carbocycles. The van der Waals surface area contributed by atoms with Crippen molar-refractivity contribution in [2.45, 2.75) is 40.2 Å². The first-order valence-electron chi connectivity index (χ1n) is 9.87. The first-order chi connectivity index (χ1) is 14.3. The summed E-state index contributed by atoms with van der Waals surface area (Å²) in [6.07, 6.45) is 0. The second-order valence-electron chi connectivity index (χ2n) is 7.42. The Morgan fingerprint density at radius 1 is 1.23 bits per heavy atom. The summed E-state index contributed by atoms with van der Waals surface area (Å²) in [7, 11) is 0. The predicted octanol–water partition coefficient (Wildman–Crippen LogP) is 3.57. The van der Waals surface area contributed by atoms with Gasteiger partial charge in [-0.1, -0.05) is 31.1 Å². The molecule has 0 unspecified atom stereocenters. The van der Waals surface area contributed by atoms with Gasteiger partial charge in [-0.05, 0) is 43.5 Å². The van der Waals surface area contributed by atoms with Gasteiger partial charge >= 0.3 is 0 Å². The number of amides is 2. The van der Waals surface area contributed by atoms with E-state index in [0.717, 1.165) is 11.3 Å². The lowest BCUT2D eigenvalue weighted by molar-refractivity contribution is -0.121. The van der Waals surface area contributed by atoms with Crippen molar-refractivity contribution in [3.8, 4) is 0 Å². The summed E-state index contributed by atoms with van der Waals surface area (Å²) in [6, 6.07) is 7.64. The SMILES string of the molecule is CCN(CC(=O)NCc1ccc(F)cc1)C(=O)c1cc(C(C)C)nc2onc(C)c12. The van der Waals surface area contributed by atoms with E-state index in [0.29, 0.717) is 28.9 Å². The van der Waals surface area contributed by atoms with Crippen molar-refractivity contribution in [3.63, 3.8) is 0 Å². The molecule has 8 heteroatoms. The number of likely N-dealkylation sites (N-methyl/N-ethyl adjacent to an activating group) is 1. The molecule has 30 heavy (non-hydrogen) atoms. The van der Waals surface area contributed by atoms with Crippen LogP contribution in [0.1, 0.15) is 54.0 Å². The van der Waals surface area contributed by atoms with Crippen molar-refractivity contribution in [1.82, 2.24) is 20.4 Å². The summed E-state index contributed by atoms with van der Waals surface area (Å²) in [4.78, 5) is 31.6. The van der Waals surface area contributed by atoms with E-state index in [-0.39, 0.29) is 36.6 Å². The van der Waals surface area contributed by atoms with E-state index < -0.39 is 0 Å². The van der Waals surface area contributed by atoms with Crippen LogP contribution in [0.4, 0.5) is 4.39 Å². The Kier molecular flexibility index (Phi) is 6.44. The zero-order valence-electron chi connectivity index (χ0n) is 17.5. The molecule has 0 atom stereocenters. The molecular formula is C22H25FN4O3. The van der Waals surface area contributed by atoms with Crippen LogP contribution in [-0.2, 0) is 11.3 Å². The van der Waals surface area contributed by atoms with E-state index in [2.05, 4.69) is 15.5 Å². The van der Waals surface area contributed by atoms with Crippen LogP contribution in [0.5, 0.6) is 0 Å². The molecule has 0 saturated heterocycles. The van der Waals surface area contributed by atoms with Gasteiger partial charge in [-0.2, -0.15) is 0 Å². The molecule has 7 nitrogen and oxygen atoms in total. The van der Waals surface area contributed by atoms with E-state index in [1.807, 2.05) is 20.8 Å². The highest BCUT2D eigenvalue weighted by atomic mass is 19.1. The van der Waals surface area contributed by atoms with E-state index in [1.54, 1.807) is 25.1 Å². The zero-order chi connectivity index (χ0) is 21.8. The minimum atomic E-state index is -0.332.